The molecule has 0 fully saturated rings. The lowest BCUT2D eigenvalue weighted by atomic mass is 10.2. The number of anilines is 1. The molecule has 1 atom stereocenters. The van der Waals surface area contributed by atoms with Crippen LogP contribution in [0.15, 0.2) is 54.6 Å². The van der Waals surface area contributed by atoms with E-state index in [0.29, 0.717) is 13.1 Å². The lowest BCUT2D eigenvalue weighted by Gasteiger charge is -2.25. The van der Waals surface area contributed by atoms with Gasteiger partial charge in [-0.1, -0.05) is 36.4 Å². The Morgan fingerprint density at radius 1 is 1.17 bits per heavy atom. The quantitative estimate of drug-likeness (QED) is 0.780. The lowest BCUT2D eigenvalue weighted by Crippen LogP contribution is -2.40. The van der Waals surface area contributed by atoms with Crippen LogP contribution < -0.4 is 15.0 Å². The van der Waals surface area contributed by atoms with E-state index in [-0.39, 0.29) is 12.5 Å². The molecule has 2 rings (SSSR count). The fourth-order valence-electron chi connectivity index (χ4n) is 2.49. The molecule has 0 aliphatic heterocycles. The SMILES string of the molecule is COc1ccccc1CNC(=O)CN(C[C@H](C)O)c1ccccc1. The number of para-hydroxylation sites is 2. The van der Waals surface area contributed by atoms with Gasteiger partial charge in [-0.25, -0.2) is 0 Å². The van der Waals surface area contributed by atoms with Crippen LogP contribution >= 0.6 is 0 Å². The second-order valence-electron chi connectivity index (χ2n) is 5.65. The van der Waals surface area contributed by atoms with Crippen LogP contribution in [0.1, 0.15) is 12.5 Å². The summed E-state index contributed by atoms with van der Waals surface area (Å²) in [5.74, 6) is 0.645. The minimum Gasteiger partial charge on any atom is -0.496 e. The molecule has 2 aromatic carbocycles. The van der Waals surface area contributed by atoms with Crippen molar-refractivity contribution in [2.75, 3.05) is 25.1 Å². The van der Waals surface area contributed by atoms with E-state index in [1.807, 2.05) is 59.5 Å². The molecule has 2 aromatic rings. The van der Waals surface area contributed by atoms with Gasteiger partial charge in [0, 0.05) is 24.3 Å². The van der Waals surface area contributed by atoms with E-state index >= 15 is 0 Å². The van der Waals surface area contributed by atoms with Crippen molar-refractivity contribution in [3.05, 3.63) is 60.2 Å². The van der Waals surface area contributed by atoms with E-state index in [4.69, 9.17) is 4.74 Å². The van der Waals surface area contributed by atoms with Crippen molar-refractivity contribution in [2.45, 2.75) is 19.6 Å². The first-order valence-electron chi connectivity index (χ1n) is 7.97. The van der Waals surface area contributed by atoms with Gasteiger partial charge in [-0.3, -0.25) is 4.79 Å². The number of methoxy groups -OCH3 is 1. The van der Waals surface area contributed by atoms with E-state index in [1.165, 1.54) is 0 Å². The maximum absolute atomic E-state index is 12.3. The summed E-state index contributed by atoms with van der Waals surface area (Å²) in [6.07, 6.45) is -0.521. The van der Waals surface area contributed by atoms with Crippen LogP contribution in [0.4, 0.5) is 5.69 Å². The van der Waals surface area contributed by atoms with Crippen LogP contribution in [-0.4, -0.2) is 37.3 Å². The number of nitrogens with zero attached hydrogens (tertiary/aromatic N) is 1. The number of ether oxygens (including phenoxy) is 1. The first-order chi connectivity index (χ1) is 11.6. The first-order valence-corrected chi connectivity index (χ1v) is 7.97. The summed E-state index contributed by atoms with van der Waals surface area (Å²) in [5.41, 5.74) is 1.83. The molecule has 0 saturated carbocycles. The van der Waals surface area contributed by atoms with Crippen molar-refractivity contribution in [1.29, 1.82) is 0 Å². The highest BCUT2D eigenvalue weighted by Crippen LogP contribution is 2.17. The van der Waals surface area contributed by atoms with Crippen LogP contribution in [0, 0.1) is 0 Å². The molecule has 128 valence electrons. The standard InChI is InChI=1S/C19H24N2O3/c1-15(22)13-21(17-9-4-3-5-10-17)14-19(23)20-12-16-8-6-7-11-18(16)24-2/h3-11,15,22H,12-14H2,1-2H3,(H,20,23)/t15-/m0/s1. The zero-order valence-electron chi connectivity index (χ0n) is 14.1. The third-order valence-electron chi connectivity index (χ3n) is 3.61. The number of carbonyl (C=O) groups excluding carboxylic acids is 1. The highest BCUT2D eigenvalue weighted by molar-refractivity contribution is 5.81. The highest BCUT2D eigenvalue weighted by atomic mass is 16.5. The van der Waals surface area contributed by atoms with Gasteiger partial charge in [-0.2, -0.15) is 0 Å². The van der Waals surface area contributed by atoms with Gasteiger partial charge in [0.1, 0.15) is 5.75 Å². The normalized spacial score (nSPS) is 11.6. The van der Waals surface area contributed by atoms with Gasteiger partial charge in [-0.05, 0) is 25.1 Å². The molecule has 24 heavy (non-hydrogen) atoms. The molecule has 0 aliphatic carbocycles. The monoisotopic (exact) mass is 328 g/mol. The Labute approximate surface area is 142 Å². The van der Waals surface area contributed by atoms with Gasteiger partial charge in [0.2, 0.25) is 5.91 Å². The Hall–Kier alpha value is -2.53. The van der Waals surface area contributed by atoms with Gasteiger partial charge >= 0.3 is 0 Å². The van der Waals surface area contributed by atoms with E-state index in [9.17, 15) is 9.90 Å². The Morgan fingerprint density at radius 3 is 2.50 bits per heavy atom. The number of benzene rings is 2. The van der Waals surface area contributed by atoms with Gasteiger partial charge in [0.15, 0.2) is 0 Å². The predicted octanol–water partition coefficient (Wildman–Crippen LogP) is 2.20. The van der Waals surface area contributed by atoms with Crippen LogP contribution in [0.2, 0.25) is 0 Å². The zero-order valence-corrected chi connectivity index (χ0v) is 14.1. The molecule has 0 aliphatic rings. The zero-order chi connectivity index (χ0) is 17.4. The summed E-state index contributed by atoms with van der Waals surface area (Å²) in [5, 5.41) is 12.6. The van der Waals surface area contributed by atoms with Gasteiger partial charge in [-0.15, -0.1) is 0 Å². The summed E-state index contributed by atoms with van der Waals surface area (Å²) >= 11 is 0. The Morgan fingerprint density at radius 2 is 1.83 bits per heavy atom. The molecule has 5 heteroatoms. The van der Waals surface area contributed by atoms with Crippen molar-refractivity contribution in [3.8, 4) is 5.75 Å². The van der Waals surface area contributed by atoms with Gasteiger partial charge < -0.3 is 20.1 Å². The van der Waals surface area contributed by atoms with Crippen LogP contribution in [0.25, 0.3) is 0 Å². The number of aliphatic hydroxyl groups is 1. The van der Waals surface area contributed by atoms with Crippen molar-refractivity contribution < 1.29 is 14.6 Å². The molecule has 0 aromatic heterocycles. The summed E-state index contributed by atoms with van der Waals surface area (Å²) in [4.78, 5) is 14.2. The largest absolute Gasteiger partial charge is 0.496 e. The van der Waals surface area contributed by atoms with E-state index < -0.39 is 6.10 Å². The van der Waals surface area contributed by atoms with Crippen LogP contribution in [0.5, 0.6) is 5.75 Å². The number of carbonyl (C=O) groups is 1. The summed E-state index contributed by atoms with van der Waals surface area (Å²) in [6.45, 7) is 2.69. The first kappa shape index (κ1) is 17.8. The minimum atomic E-state index is -0.521. The van der Waals surface area contributed by atoms with Crippen molar-refractivity contribution >= 4 is 11.6 Å². The third-order valence-corrected chi connectivity index (χ3v) is 3.61. The number of hydrogen-bond acceptors (Lipinski definition) is 4. The summed E-state index contributed by atoms with van der Waals surface area (Å²) in [7, 11) is 1.61. The predicted molar refractivity (Wildman–Crippen MR) is 95.2 cm³/mol. The molecular formula is C19H24N2O3. The average Bonchev–Trinajstić information content (AvgIpc) is 2.60. The van der Waals surface area contributed by atoms with E-state index in [1.54, 1.807) is 14.0 Å². The molecule has 0 radical (unpaired) electrons. The maximum Gasteiger partial charge on any atom is 0.239 e. The minimum absolute atomic E-state index is 0.106. The molecule has 0 saturated heterocycles. The van der Waals surface area contributed by atoms with Crippen molar-refractivity contribution in [1.82, 2.24) is 5.32 Å². The second kappa shape index (κ2) is 8.93. The maximum atomic E-state index is 12.3. The Balaban J connectivity index is 1.97. The molecular weight excluding hydrogens is 304 g/mol. The topological polar surface area (TPSA) is 61.8 Å². The lowest BCUT2D eigenvalue weighted by molar-refractivity contribution is -0.120. The van der Waals surface area contributed by atoms with Crippen LogP contribution in [0.3, 0.4) is 0 Å². The van der Waals surface area contributed by atoms with Gasteiger partial charge in [0.25, 0.3) is 0 Å². The molecule has 2 N–H and O–H groups in total. The smallest absolute Gasteiger partial charge is 0.239 e. The second-order valence-corrected chi connectivity index (χ2v) is 5.65. The molecule has 0 unspecified atom stereocenters. The number of rotatable bonds is 8. The van der Waals surface area contributed by atoms with Crippen molar-refractivity contribution in [2.24, 2.45) is 0 Å². The molecule has 0 bridgehead atoms. The molecule has 0 heterocycles. The molecule has 0 spiro atoms. The highest BCUT2D eigenvalue weighted by Gasteiger charge is 2.14. The van der Waals surface area contributed by atoms with E-state index in [0.717, 1.165) is 17.0 Å². The number of amides is 1. The number of hydrogen-bond donors (Lipinski definition) is 2. The molecule has 5 nitrogen and oxygen atoms in total. The summed E-state index contributed by atoms with van der Waals surface area (Å²) < 4.78 is 5.29. The van der Waals surface area contributed by atoms with Gasteiger partial charge in [0.05, 0.1) is 19.8 Å². The third kappa shape index (κ3) is 5.28. The summed E-state index contributed by atoms with van der Waals surface area (Å²) in [6, 6.07) is 17.2. The fraction of sp³-hybridized carbons (Fsp3) is 0.316. The number of nitrogens with one attached hydrogen (secondary N) is 1. The Kier molecular flexibility index (Phi) is 6.63. The Bertz CT molecular complexity index is 644. The van der Waals surface area contributed by atoms with Crippen molar-refractivity contribution in [3.63, 3.8) is 0 Å². The number of aliphatic hydroxyl groups excluding tert-OH is 1. The van der Waals surface area contributed by atoms with E-state index in [2.05, 4.69) is 5.32 Å². The van der Waals surface area contributed by atoms with Crippen LogP contribution in [-0.2, 0) is 11.3 Å². The fourth-order valence-corrected chi connectivity index (χ4v) is 2.49. The molecule has 1 amide bonds. The average molecular weight is 328 g/mol.